The minimum Gasteiger partial charge on any atom is -0.456 e. The number of piperidine rings is 1. The normalized spacial score (nSPS) is 36.3. The lowest BCUT2D eigenvalue weighted by molar-refractivity contribution is -0.302. The van der Waals surface area contributed by atoms with Crippen molar-refractivity contribution >= 4 is 40.1 Å². The zero-order valence-corrected chi connectivity index (χ0v) is 49.3. The highest BCUT2D eigenvalue weighted by Gasteiger charge is 2.57. The Bertz CT molecular complexity index is 1900. The van der Waals surface area contributed by atoms with Crippen LogP contribution in [0.5, 0.6) is 0 Å². The molecule has 0 aromatic carbocycles. The summed E-state index contributed by atoms with van der Waals surface area (Å²) in [5.41, 5.74) is 1.83. The molecule has 3 heterocycles. The van der Waals surface area contributed by atoms with Crippen molar-refractivity contribution in [2.45, 2.75) is 238 Å². The molecule has 1 saturated carbocycles. The fourth-order valence-corrected chi connectivity index (χ4v) is 13.6. The number of fused-ring (bicyclic) bond motifs is 3. The first-order valence-corrected chi connectivity index (χ1v) is 32.6. The lowest BCUT2D eigenvalue weighted by atomic mass is 9.81. The van der Waals surface area contributed by atoms with Crippen molar-refractivity contribution in [2.75, 3.05) is 27.9 Å². The van der Waals surface area contributed by atoms with Crippen molar-refractivity contribution < 1.29 is 56.8 Å². The van der Waals surface area contributed by atoms with Gasteiger partial charge in [0.25, 0.3) is 11.7 Å². The van der Waals surface area contributed by atoms with Gasteiger partial charge in [0.2, 0.25) is 5.79 Å². The molecule has 0 radical (unpaired) electrons. The number of rotatable bonds is 11. The smallest absolute Gasteiger partial charge is 0.329 e. The molecule has 3 aliphatic heterocycles. The number of cyclic esters (lactones) is 1. The van der Waals surface area contributed by atoms with Gasteiger partial charge in [0.05, 0.1) is 30.5 Å². The van der Waals surface area contributed by atoms with Gasteiger partial charge in [-0.05, 0) is 132 Å². The van der Waals surface area contributed by atoms with E-state index in [1.807, 2.05) is 20.8 Å². The molecule has 0 aromatic rings. The minimum absolute atomic E-state index is 0.0114. The molecule has 0 spiro atoms. The molecule has 14 atom stereocenters. The minimum atomic E-state index is -2.56. The number of hydrogen-bond donors (Lipinski definition) is 1. The van der Waals surface area contributed by atoms with Crippen LogP contribution in [-0.4, -0.2) is 133 Å². The molecular weight excluding hydrogens is 935 g/mol. The molecule has 1 aliphatic carbocycles. The Morgan fingerprint density at radius 2 is 1.39 bits per heavy atom. The van der Waals surface area contributed by atoms with Gasteiger partial charge >= 0.3 is 5.97 Å². The monoisotopic (exact) mass is 1030 g/mol. The van der Waals surface area contributed by atoms with Crippen LogP contribution in [0.3, 0.4) is 0 Å². The molecular formula is C56H97NO12Si2. The number of ether oxygens (including phenoxy) is 5. The standard InChI is InChI=1S/C56H97NO12Si2/c1-20-23-41-29-35(2)28-36(3)30-47(64-14)50-48(65-15)32-38(5)56(62,67-50)51(59)52(60)57-27-22-21-24-42(57)53(61)66-49(39(6)45(34-43(41)58)69-71(18,19)55(10,11)12)37(4)31-40-25-26-44(46(33-40)63-13)68-70(16,17)54(7,8)9/h20,29,31,36,38-42,44-50,62H,1,21-28,30,32-34H2,2-19H3/b35-29+,37-31?. The fraction of sp³-hybridized carbons (Fsp3) is 0.821. The summed E-state index contributed by atoms with van der Waals surface area (Å²) in [5, 5.41) is 12.1. The number of aliphatic hydroxyl groups is 1. The summed E-state index contributed by atoms with van der Waals surface area (Å²) in [5.74, 6) is -6.99. The topological polar surface area (TPSA) is 156 Å². The number of ketones is 2. The number of nitrogens with zero attached hydrogens (tertiary/aromatic N) is 1. The molecule has 2 bridgehead atoms. The van der Waals surface area contributed by atoms with Crippen LogP contribution < -0.4 is 0 Å². The average Bonchev–Trinajstić information content (AvgIpc) is 3.28. The summed E-state index contributed by atoms with van der Waals surface area (Å²) in [6.45, 7) is 36.1. The molecule has 15 heteroatoms. The number of carbonyl (C=O) groups is 4. The van der Waals surface area contributed by atoms with E-state index in [0.717, 1.165) is 24.0 Å². The maximum absolute atomic E-state index is 15.0. The second-order valence-electron chi connectivity index (χ2n) is 25.0. The van der Waals surface area contributed by atoms with Crippen LogP contribution in [0.25, 0.3) is 0 Å². The molecule has 1 N–H and O–H groups in total. The number of allylic oxidation sites excluding steroid dienone is 4. The van der Waals surface area contributed by atoms with E-state index in [4.69, 9.17) is 32.5 Å². The van der Waals surface area contributed by atoms with Crippen LogP contribution in [0.4, 0.5) is 0 Å². The summed E-state index contributed by atoms with van der Waals surface area (Å²) >= 11 is 0. The van der Waals surface area contributed by atoms with E-state index in [2.05, 4.69) is 93.4 Å². The van der Waals surface area contributed by atoms with Gasteiger partial charge in [-0.15, -0.1) is 6.58 Å². The number of methoxy groups -OCH3 is 3. The molecule has 71 heavy (non-hydrogen) atoms. The lowest BCUT2D eigenvalue weighted by Gasteiger charge is -2.47. The first kappa shape index (κ1) is 61.2. The van der Waals surface area contributed by atoms with E-state index in [9.17, 15) is 19.5 Å². The van der Waals surface area contributed by atoms with Gasteiger partial charge in [-0.3, -0.25) is 14.4 Å². The highest BCUT2D eigenvalue weighted by Crippen LogP contribution is 2.44. The number of carbonyl (C=O) groups excluding carboxylic acids is 4. The second kappa shape index (κ2) is 25.0. The summed E-state index contributed by atoms with van der Waals surface area (Å²) in [7, 11) is 0.207. The van der Waals surface area contributed by atoms with Crippen molar-refractivity contribution in [3.63, 3.8) is 0 Å². The molecule has 14 unspecified atom stereocenters. The highest BCUT2D eigenvalue weighted by atomic mass is 28.4. The number of hydrogen-bond acceptors (Lipinski definition) is 12. The van der Waals surface area contributed by atoms with Crippen molar-refractivity contribution in [3.8, 4) is 0 Å². The quantitative estimate of drug-likeness (QED) is 0.0906. The third kappa shape index (κ3) is 15.0. The van der Waals surface area contributed by atoms with Gasteiger partial charge < -0.3 is 42.5 Å². The van der Waals surface area contributed by atoms with Crippen molar-refractivity contribution in [2.24, 2.45) is 29.6 Å². The Kier molecular flexibility index (Phi) is 21.5. The van der Waals surface area contributed by atoms with Gasteiger partial charge in [0, 0.05) is 52.0 Å². The molecule has 2 saturated heterocycles. The Labute approximate surface area is 431 Å². The molecule has 0 aromatic heterocycles. The highest BCUT2D eigenvalue weighted by molar-refractivity contribution is 6.74. The Hall–Kier alpha value is -2.35. The van der Waals surface area contributed by atoms with Gasteiger partial charge in [-0.2, -0.15) is 0 Å². The summed E-state index contributed by atoms with van der Waals surface area (Å²) in [6, 6.07) is -1.11. The Balaban J connectivity index is 1.89. The predicted molar refractivity (Wildman–Crippen MR) is 285 cm³/mol. The number of esters is 1. The lowest BCUT2D eigenvalue weighted by Crippen LogP contribution is -2.64. The second-order valence-corrected chi connectivity index (χ2v) is 34.5. The summed E-state index contributed by atoms with van der Waals surface area (Å²) < 4.78 is 45.4. The van der Waals surface area contributed by atoms with Crippen molar-refractivity contribution in [1.82, 2.24) is 4.90 Å². The summed E-state index contributed by atoms with van der Waals surface area (Å²) in [4.78, 5) is 60.4. The third-order valence-corrected chi connectivity index (χ3v) is 26.3. The molecule has 13 nitrogen and oxygen atoms in total. The third-order valence-electron chi connectivity index (χ3n) is 17.3. The van der Waals surface area contributed by atoms with Gasteiger partial charge in [-0.25, -0.2) is 4.79 Å². The van der Waals surface area contributed by atoms with Crippen LogP contribution in [0.1, 0.15) is 147 Å². The predicted octanol–water partition coefficient (Wildman–Crippen LogP) is 10.7. The molecule has 406 valence electrons. The van der Waals surface area contributed by atoms with Gasteiger partial charge in [0.1, 0.15) is 24.0 Å². The van der Waals surface area contributed by atoms with E-state index < -0.39 is 94.4 Å². The first-order chi connectivity index (χ1) is 32.9. The SMILES string of the molecule is C=CCC1/C=C(\C)CC(C)CC(OC)C2OC(O)(C(=O)C(=O)N3CCCCC3C(=O)OC(C(C)=CC3CCC(O[Si](C)(C)C(C)(C)C)C(OC)C3)C(C)C(O[Si](C)(C)C(C)(C)C)CC1=O)C(C)CC2OC. The first-order valence-electron chi connectivity index (χ1n) is 26.7. The van der Waals surface area contributed by atoms with Crippen molar-refractivity contribution in [3.05, 3.63) is 36.0 Å². The van der Waals surface area contributed by atoms with Crippen molar-refractivity contribution in [1.29, 1.82) is 0 Å². The zero-order chi connectivity index (χ0) is 53.6. The largest absolute Gasteiger partial charge is 0.456 e. The van der Waals surface area contributed by atoms with E-state index in [1.54, 1.807) is 34.3 Å². The zero-order valence-electron chi connectivity index (χ0n) is 47.3. The van der Waals surface area contributed by atoms with Gasteiger partial charge in [-0.1, -0.05) is 86.1 Å². The number of Topliss-reactive ketones (excluding diaryl/α,β-unsaturated/α-hetero) is 2. The van der Waals surface area contributed by atoms with E-state index in [-0.39, 0.29) is 65.7 Å². The maximum atomic E-state index is 15.0. The summed E-state index contributed by atoms with van der Waals surface area (Å²) in [6.07, 6.45) is 7.96. The van der Waals surface area contributed by atoms with Crippen LogP contribution in [-0.2, 0) is 51.7 Å². The van der Waals surface area contributed by atoms with Crippen LogP contribution in [0, 0.1) is 29.6 Å². The van der Waals surface area contributed by atoms with E-state index in [0.29, 0.717) is 38.5 Å². The van der Waals surface area contributed by atoms with Gasteiger partial charge in [0.15, 0.2) is 16.6 Å². The molecule has 4 aliphatic rings. The van der Waals surface area contributed by atoms with Crippen LogP contribution >= 0.6 is 0 Å². The Morgan fingerprint density at radius 3 is 1.96 bits per heavy atom. The average molecular weight is 1030 g/mol. The maximum Gasteiger partial charge on any atom is 0.329 e. The Morgan fingerprint density at radius 1 is 0.817 bits per heavy atom. The molecule has 3 fully saturated rings. The fourth-order valence-electron chi connectivity index (χ4n) is 10.8. The van der Waals surface area contributed by atoms with Crippen LogP contribution in [0.15, 0.2) is 36.0 Å². The molecule has 1 amide bonds. The van der Waals surface area contributed by atoms with E-state index in [1.165, 1.54) is 4.90 Å². The number of amides is 1. The molecule has 4 rings (SSSR count). The van der Waals surface area contributed by atoms with E-state index >= 15 is 4.79 Å². The van der Waals surface area contributed by atoms with Crippen LogP contribution in [0.2, 0.25) is 36.3 Å².